The molecule has 0 aliphatic carbocycles. The van der Waals surface area contributed by atoms with Crippen LogP contribution in [-0.4, -0.2) is 62.9 Å². The molecule has 0 N–H and O–H groups in total. The topological polar surface area (TPSA) is 24.9 Å². The third-order valence-electron chi connectivity index (χ3n) is 5.45. The maximum absolute atomic E-state index is 12.6. The van der Waals surface area contributed by atoms with E-state index in [1.165, 1.54) is 19.3 Å². The molecule has 2 saturated heterocycles. The van der Waals surface area contributed by atoms with Gasteiger partial charge < -0.3 is 14.4 Å². The van der Waals surface area contributed by atoms with Crippen LogP contribution in [0.1, 0.15) is 24.8 Å². The Morgan fingerprint density at radius 3 is 2.72 bits per heavy atom. The van der Waals surface area contributed by atoms with E-state index in [0.29, 0.717) is 17.7 Å². The summed E-state index contributed by atoms with van der Waals surface area (Å²) in [7, 11) is 1.75. The summed E-state index contributed by atoms with van der Waals surface area (Å²) in [6.45, 7) is 3.96. The van der Waals surface area contributed by atoms with E-state index in [0.717, 1.165) is 44.9 Å². The molecule has 0 aromatic heterocycles. The molecule has 2 aliphatic rings. The average molecular weight is 354 g/mol. The summed E-state index contributed by atoms with van der Waals surface area (Å²) < 4.78 is 35.1. The summed E-state index contributed by atoms with van der Waals surface area (Å²) in [6, 6.07) is 7.13. The second-order valence-corrected chi connectivity index (χ2v) is 7.32. The molecule has 0 saturated carbocycles. The van der Waals surface area contributed by atoms with Crippen molar-refractivity contribution in [2.75, 3.05) is 46.4 Å². The summed E-state index contributed by atoms with van der Waals surface area (Å²) >= 11 is 0. The monoisotopic (exact) mass is 354 g/mol. The van der Waals surface area contributed by atoms with Crippen molar-refractivity contribution < 1.29 is 18.3 Å². The van der Waals surface area contributed by atoms with Crippen molar-refractivity contribution in [3.63, 3.8) is 0 Å². The Kier molecular flexibility index (Phi) is 6.25. The minimum absolute atomic E-state index is 0.295. The quantitative estimate of drug-likeness (QED) is 0.751. The standard InChI is InChI=1S/C19H28F2N2O2/c1-24-12-11-22-9-4-7-19(14-22)8-10-23(15-19)13-16-5-2-3-6-17(16)25-18(20)21/h2-3,5-6,18H,4,7-15H2,1H3. The molecule has 6 heteroatoms. The largest absolute Gasteiger partial charge is 0.434 e. The van der Waals surface area contributed by atoms with Crippen molar-refractivity contribution >= 4 is 0 Å². The van der Waals surface area contributed by atoms with E-state index in [2.05, 4.69) is 14.5 Å². The zero-order valence-electron chi connectivity index (χ0n) is 14.9. The number of piperidine rings is 1. The van der Waals surface area contributed by atoms with Crippen LogP contribution in [0.3, 0.4) is 0 Å². The molecule has 1 atom stereocenters. The van der Waals surface area contributed by atoms with Crippen LogP contribution in [0, 0.1) is 5.41 Å². The minimum Gasteiger partial charge on any atom is -0.434 e. The number of ether oxygens (including phenoxy) is 2. The highest BCUT2D eigenvalue weighted by molar-refractivity contribution is 5.33. The summed E-state index contributed by atoms with van der Waals surface area (Å²) in [5, 5.41) is 0. The van der Waals surface area contributed by atoms with Crippen LogP contribution in [0.15, 0.2) is 24.3 Å². The van der Waals surface area contributed by atoms with E-state index >= 15 is 0 Å². The molecule has 2 aliphatic heterocycles. The molecule has 25 heavy (non-hydrogen) atoms. The van der Waals surface area contributed by atoms with Crippen molar-refractivity contribution in [1.29, 1.82) is 0 Å². The molecular formula is C19H28F2N2O2. The predicted molar refractivity (Wildman–Crippen MR) is 93.0 cm³/mol. The smallest absolute Gasteiger partial charge is 0.387 e. The Bertz CT molecular complexity index is 558. The fourth-order valence-corrected chi connectivity index (χ4v) is 4.30. The van der Waals surface area contributed by atoms with Gasteiger partial charge in [0.25, 0.3) is 0 Å². The number of nitrogens with zero attached hydrogens (tertiary/aromatic N) is 2. The number of hydrogen-bond donors (Lipinski definition) is 0. The van der Waals surface area contributed by atoms with Crippen LogP contribution >= 0.6 is 0 Å². The lowest BCUT2D eigenvalue weighted by molar-refractivity contribution is -0.0507. The molecule has 0 amide bonds. The first-order valence-corrected chi connectivity index (χ1v) is 9.07. The summed E-state index contributed by atoms with van der Waals surface area (Å²) in [5.74, 6) is 0.295. The van der Waals surface area contributed by atoms with Gasteiger partial charge >= 0.3 is 6.61 Å². The van der Waals surface area contributed by atoms with Crippen LogP contribution in [0.4, 0.5) is 8.78 Å². The second-order valence-electron chi connectivity index (χ2n) is 7.32. The average Bonchev–Trinajstić information content (AvgIpc) is 2.96. The Morgan fingerprint density at radius 2 is 1.92 bits per heavy atom. The lowest BCUT2D eigenvalue weighted by atomic mass is 9.79. The number of hydrogen-bond acceptors (Lipinski definition) is 4. The highest BCUT2D eigenvalue weighted by atomic mass is 19.3. The summed E-state index contributed by atoms with van der Waals surface area (Å²) in [4.78, 5) is 4.89. The lowest BCUT2D eigenvalue weighted by Crippen LogP contribution is -2.45. The zero-order valence-corrected chi connectivity index (χ0v) is 14.9. The lowest BCUT2D eigenvalue weighted by Gasteiger charge is -2.40. The van der Waals surface area contributed by atoms with Gasteiger partial charge in [-0.25, -0.2) is 0 Å². The molecule has 4 nitrogen and oxygen atoms in total. The number of methoxy groups -OCH3 is 1. The zero-order chi connectivity index (χ0) is 17.7. The predicted octanol–water partition coefficient (Wildman–Crippen LogP) is 3.22. The second kappa shape index (κ2) is 8.43. The van der Waals surface area contributed by atoms with E-state index in [1.54, 1.807) is 19.2 Å². The molecule has 2 fully saturated rings. The van der Waals surface area contributed by atoms with Crippen LogP contribution in [-0.2, 0) is 11.3 Å². The highest BCUT2D eigenvalue weighted by Crippen LogP contribution is 2.39. The van der Waals surface area contributed by atoms with E-state index in [4.69, 9.17) is 4.74 Å². The Labute approximate surface area is 148 Å². The maximum Gasteiger partial charge on any atom is 0.387 e. The van der Waals surface area contributed by atoms with Crippen molar-refractivity contribution in [1.82, 2.24) is 9.80 Å². The Hall–Kier alpha value is -1.24. The van der Waals surface area contributed by atoms with Crippen LogP contribution < -0.4 is 4.74 Å². The first-order chi connectivity index (χ1) is 12.1. The van der Waals surface area contributed by atoms with Gasteiger partial charge in [-0.15, -0.1) is 0 Å². The number of para-hydroxylation sites is 1. The highest BCUT2D eigenvalue weighted by Gasteiger charge is 2.41. The number of halogens is 2. The normalized spacial score (nSPS) is 25.1. The third-order valence-corrected chi connectivity index (χ3v) is 5.45. The van der Waals surface area contributed by atoms with Gasteiger partial charge in [-0.2, -0.15) is 8.78 Å². The third kappa shape index (κ3) is 4.90. The van der Waals surface area contributed by atoms with Crippen LogP contribution in [0.5, 0.6) is 5.75 Å². The molecule has 140 valence electrons. The molecule has 3 rings (SSSR count). The molecule has 0 radical (unpaired) electrons. The van der Waals surface area contributed by atoms with Gasteiger partial charge in [0, 0.05) is 38.9 Å². The van der Waals surface area contributed by atoms with E-state index in [9.17, 15) is 8.78 Å². The van der Waals surface area contributed by atoms with Gasteiger partial charge in [0.1, 0.15) is 5.75 Å². The van der Waals surface area contributed by atoms with Gasteiger partial charge in [0.15, 0.2) is 0 Å². The van der Waals surface area contributed by atoms with Crippen molar-refractivity contribution in [3.8, 4) is 5.75 Å². The van der Waals surface area contributed by atoms with Crippen LogP contribution in [0.25, 0.3) is 0 Å². The van der Waals surface area contributed by atoms with E-state index in [1.807, 2.05) is 12.1 Å². The molecular weight excluding hydrogens is 326 g/mol. The summed E-state index contributed by atoms with van der Waals surface area (Å²) in [5.41, 5.74) is 1.18. The fourth-order valence-electron chi connectivity index (χ4n) is 4.30. The number of benzene rings is 1. The van der Waals surface area contributed by atoms with Gasteiger partial charge in [0.05, 0.1) is 6.61 Å². The minimum atomic E-state index is -2.78. The molecule has 2 heterocycles. The van der Waals surface area contributed by atoms with Gasteiger partial charge in [-0.05, 0) is 43.8 Å². The molecule has 1 spiro atoms. The van der Waals surface area contributed by atoms with Gasteiger partial charge in [0.2, 0.25) is 0 Å². The van der Waals surface area contributed by atoms with Gasteiger partial charge in [-0.3, -0.25) is 4.90 Å². The molecule has 1 aromatic carbocycles. The Morgan fingerprint density at radius 1 is 1.12 bits per heavy atom. The van der Waals surface area contributed by atoms with E-state index in [-0.39, 0.29) is 0 Å². The fraction of sp³-hybridized carbons (Fsp3) is 0.684. The first-order valence-electron chi connectivity index (χ1n) is 9.07. The van der Waals surface area contributed by atoms with Crippen molar-refractivity contribution in [2.45, 2.75) is 32.4 Å². The maximum atomic E-state index is 12.6. The number of likely N-dealkylation sites (tertiary alicyclic amines) is 2. The summed E-state index contributed by atoms with van der Waals surface area (Å²) in [6.07, 6.45) is 3.65. The van der Waals surface area contributed by atoms with Gasteiger partial charge in [-0.1, -0.05) is 18.2 Å². The number of alkyl halides is 2. The number of rotatable bonds is 7. The SMILES string of the molecule is COCCN1CCCC2(CCN(Cc3ccccc3OC(F)F)C2)C1. The molecule has 1 unspecified atom stereocenters. The molecule has 0 bridgehead atoms. The van der Waals surface area contributed by atoms with Crippen LogP contribution in [0.2, 0.25) is 0 Å². The Balaban J connectivity index is 1.60. The first kappa shape index (κ1) is 18.5. The van der Waals surface area contributed by atoms with Crippen molar-refractivity contribution in [2.24, 2.45) is 5.41 Å². The molecule has 1 aromatic rings. The van der Waals surface area contributed by atoms with E-state index < -0.39 is 6.61 Å². The van der Waals surface area contributed by atoms with Crippen molar-refractivity contribution in [3.05, 3.63) is 29.8 Å².